The van der Waals surface area contributed by atoms with Gasteiger partial charge in [0.2, 0.25) is 0 Å². The fraction of sp³-hybridized carbons (Fsp3) is 0.500. The third-order valence-corrected chi connectivity index (χ3v) is 3.85. The molecule has 0 radical (unpaired) electrons. The van der Waals surface area contributed by atoms with E-state index < -0.39 is 27.3 Å². The molecule has 1 unspecified atom stereocenters. The SMILES string of the molecule is CC(C)(C)OC(=O)C(C)(C)S(=O)Nc1ccccc1. The molecular formula is C14H21NO3S. The molecule has 0 bridgehead atoms. The van der Waals surface area contributed by atoms with Crippen molar-refractivity contribution >= 4 is 22.6 Å². The maximum absolute atomic E-state index is 12.3. The number of benzene rings is 1. The molecule has 106 valence electrons. The zero-order valence-corrected chi connectivity index (χ0v) is 12.8. The number of carbonyl (C=O) groups excluding carboxylic acids is 1. The van der Waals surface area contributed by atoms with E-state index in [4.69, 9.17) is 4.74 Å². The summed E-state index contributed by atoms with van der Waals surface area (Å²) in [4.78, 5) is 12.1. The van der Waals surface area contributed by atoms with Gasteiger partial charge in [-0.3, -0.25) is 4.79 Å². The first-order valence-corrected chi connectivity index (χ1v) is 7.25. The van der Waals surface area contributed by atoms with E-state index in [1.165, 1.54) is 0 Å². The summed E-state index contributed by atoms with van der Waals surface area (Å²) in [6.45, 7) is 8.57. The monoisotopic (exact) mass is 283 g/mol. The molecule has 0 amide bonds. The summed E-state index contributed by atoms with van der Waals surface area (Å²) in [6, 6.07) is 9.12. The van der Waals surface area contributed by atoms with E-state index in [0.717, 1.165) is 0 Å². The van der Waals surface area contributed by atoms with E-state index in [-0.39, 0.29) is 0 Å². The Bertz CT molecular complexity index is 463. The van der Waals surface area contributed by atoms with Crippen LogP contribution in [-0.2, 0) is 20.5 Å². The van der Waals surface area contributed by atoms with Crippen molar-refractivity contribution in [3.8, 4) is 0 Å². The Labute approximate surface area is 117 Å². The zero-order valence-electron chi connectivity index (χ0n) is 12.0. The van der Waals surface area contributed by atoms with Gasteiger partial charge >= 0.3 is 5.97 Å². The summed E-state index contributed by atoms with van der Waals surface area (Å²) in [5.41, 5.74) is 0.114. The molecule has 0 saturated carbocycles. The van der Waals surface area contributed by atoms with Crippen molar-refractivity contribution in [1.29, 1.82) is 0 Å². The first kappa shape index (κ1) is 15.7. The number of rotatable bonds is 4. The molecular weight excluding hydrogens is 262 g/mol. The van der Waals surface area contributed by atoms with Crippen LogP contribution in [0, 0.1) is 0 Å². The second kappa shape index (κ2) is 5.74. The summed E-state index contributed by atoms with van der Waals surface area (Å²) in [5.74, 6) is -0.484. The highest BCUT2D eigenvalue weighted by molar-refractivity contribution is 7.88. The van der Waals surface area contributed by atoms with Gasteiger partial charge in [0.1, 0.15) is 16.6 Å². The molecule has 0 aliphatic carbocycles. The highest BCUT2D eigenvalue weighted by Crippen LogP contribution is 2.21. The smallest absolute Gasteiger partial charge is 0.326 e. The molecule has 0 aliphatic heterocycles. The van der Waals surface area contributed by atoms with Crippen molar-refractivity contribution < 1.29 is 13.7 Å². The second-order valence-electron chi connectivity index (χ2n) is 5.75. The summed E-state index contributed by atoms with van der Waals surface area (Å²) in [5, 5.41) is 0. The first-order valence-electron chi connectivity index (χ1n) is 6.10. The van der Waals surface area contributed by atoms with Gasteiger partial charge in [-0.2, -0.15) is 0 Å². The molecule has 1 rings (SSSR count). The average molecular weight is 283 g/mol. The molecule has 0 saturated heterocycles. The summed E-state index contributed by atoms with van der Waals surface area (Å²) in [6.07, 6.45) is 0. The quantitative estimate of drug-likeness (QED) is 0.864. The van der Waals surface area contributed by atoms with Crippen molar-refractivity contribution in [3.63, 3.8) is 0 Å². The van der Waals surface area contributed by atoms with Crippen molar-refractivity contribution in [2.75, 3.05) is 4.72 Å². The highest BCUT2D eigenvalue weighted by atomic mass is 32.2. The van der Waals surface area contributed by atoms with E-state index in [0.29, 0.717) is 5.69 Å². The van der Waals surface area contributed by atoms with Crippen LogP contribution in [0.2, 0.25) is 0 Å². The minimum atomic E-state index is -1.57. The van der Waals surface area contributed by atoms with E-state index in [1.807, 2.05) is 18.2 Å². The minimum Gasteiger partial charge on any atom is -0.459 e. The summed E-state index contributed by atoms with van der Waals surface area (Å²) in [7, 11) is -1.57. The van der Waals surface area contributed by atoms with Gasteiger partial charge in [0, 0.05) is 5.69 Å². The van der Waals surface area contributed by atoms with Gasteiger partial charge in [-0.25, -0.2) is 4.21 Å². The standard InChI is InChI=1S/C14H21NO3S/c1-13(2,3)18-12(16)14(4,5)19(17)15-11-9-7-6-8-10-11/h6-10,15H,1-5H3. The lowest BCUT2D eigenvalue weighted by atomic mass is 10.1. The first-order chi connectivity index (χ1) is 8.63. The molecule has 0 aromatic heterocycles. The van der Waals surface area contributed by atoms with Crippen LogP contribution < -0.4 is 4.72 Å². The Morgan fingerprint density at radius 1 is 1.11 bits per heavy atom. The third kappa shape index (κ3) is 4.67. The van der Waals surface area contributed by atoms with Gasteiger partial charge in [-0.15, -0.1) is 0 Å². The summed E-state index contributed by atoms with van der Waals surface area (Å²) < 4.78 is 19.2. The maximum atomic E-state index is 12.3. The second-order valence-corrected chi connectivity index (χ2v) is 7.51. The van der Waals surface area contributed by atoms with Crippen LogP contribution in [0.25, 0.3) is 0 Å². The molecule has 0 fully saturated rings. The topological polar surface area (TPSA) is 55.4 Å². The van der Waals surface area contributed by atoms with Gasteiger partial charge in [0.05, 0.1) is 0 Å². The van der Waals surface area contributed by atoms with Crippen LogP contribution in [0.3, 0.4) is 0 Å². The lowest BCUT2D eigenvalue weighted by Gasteiger charge is -2.27. The van der Waals surface area contributed by atoms with Gasteiger partial charge in [0.15, 0.2) is 4.75 Å². The third-order valence-electron chi connectivity index (χ3n) is 2.34. The number of carbonyl (C=O) groups is 1. The number of anilines is 1. The van der Waals surface area contributed by atoms with Gasteiger partial charge in [-0.05, 0) is 46.8 Å². The molecule has 0 aliphatic rings. The zero-order chi connectivity index (χ0) is 14.7. The van der Waals surface area contributed by atoms with E-state index in [2.05, 4.69) is 4.72 Å². The van der Waals surface area contributed by atoms with Crippen LogP contribution in [0.15, 0.2) is 30.3 Å². The van der Waals surface area contributed by atoms with Crippen molar-refractivity contribution in [3.05, 3.63) is 30.3 Å². The largest absolute Gasteiger partial charge is 0.459 e. The number of hydrogen-bond acceptors (Lipinski definition) is 3. The molecule has 1 aromatic rings. The van der Waals surface area contributed by atoms with Crippen LogP contribution in [0.4, 0.5) is 5.69 Å². The van der Waals surface area contributed by atoms with Crippen LogP contribution in [-0.4, -0.2) is 20.5 Å². The molecule has 1 aromatic carbocycles. The van der Waals surface area contributed by atoms with Crippen LogP contribution in [0.5, 0.6) is 0 Å². The van der Waals surface area contributed by atoms with Crippen molar-refractivity contribution in [1.82, 2.24) is 0 Å². The Morgan fingerprint density at radius 2 is 1.63 bits per heavy atom. The van der Waals surface area contributed by atoms with E-state index in [1.54, 1.807) is 46.8 Å². The lowest BCUT2D eigenvalue weighted by molar-refractivity contribution is -0.157. The normalized spacial score (nSPS) is 13.7. The average Bonchev–Trinajstić information content (AvgIpc) is 2.27. The Hall–Kier alpha value is -1.36. The molecule has 4 nitrogen and oxygen atoms in total. The molecule has 1 N–H and O–H groups in total. The van der Waals surface area contributed by atoms with Gasteiger partial charge < -0.3 is 9.46 Å². The van der Waals surface area contributed by atoms with E-state index in [9.17, 15) is 9.00 Å². The summed E-state index contributed by atoms with van der Waals surface area (Å²) >= 11 is 0. The number of nitrogens with one attached hydrogen (secondary N) is 1. The molecule has 1 atom stereocenters. The number of esters is 1. The predicted octanol–water partition coefficient (Wildman–Crippen LogP) is 2.88. The molecule has 0 spiro atoms. The van der Waals surface area contributed by atoms with Gasteiger partial charge in [0.25, 0.3) is 0 Å². The lowest BCUT2D eigenvalue weighted by Crippen LogP contribution is -2.44. The molecule has 0 heterocycles. The maximum Gasteiger partial charge on any atom is 0.326 e. The fourth-order valence-electron chi connectivity index (χ4n) is 1.22. The molecule has 19 heavy (non-hydrogen) atoms. The fourth-order valence-corrected chi connectivity index (χ4v) is 2.02. The van der Waals surface area contributed by atoms with Crippen molar-refractivity contribution in [2.24, 2.45) is 0 Å². The van der Waals surface area contributed by atoms with E-state index >= 15 is 0 Å². The van der Waals surface area contributed by atoms with Gasteiger partial charge in [-0.1, -0.05) is 18.2 Å². The number of para-hydroxylation sites is 1. The predicted molar refractivity (Wildman–Crippen MR) is 78.1 cm³/mol. The molecule has 5 heteroatoms. The van der Waals surface area contributed by atoms with Crippen molar-refractivity contribution in [2.45, 2.75) is 45.0 Å². The highest BCUT2D eigenvalue weighted by Gasteiger charge is 2.38. The number of hydrogen-bond donors (Lipinski definition) is 1. The number of ether oxygens (including phenoxy) is 1. The Balaban J connectivity index is 2.77. The van der Waals surface area contributed by atoms with Crippen LogP contribution in [0.1, 0.15) is 34.6 Å². The minimum absolute atomic E-state index is 0.484. The Morgan fingerprint density at radius 3 is 2.11 bits per heavy atom. The van der Waals surface area contributed by atoms with Crippen LogP contribution >= 0.6 is 0 Å². The Kier molecular flexibility index (Phi) is 4.74.